The zero-order valence-corrected chi connectivity index (χ0v) is 15.9. The Morgan fingerprint density at radius 3 is 2.67 bits per heavy atom. The van der Waals surface area contributed by atoms with E-state index in [9.17, 15) is 4.79 Å². The van der Waals surface area contributed by atoms with E-state index in [1.165, 1.54) is 24.9 Å². The molecule has 1 atom stereocenters. The zero-order chi connectivity index (χ0) is 17.1. The minimum atomic E-state index is -0.208. The highest BCUT2D eigenvalue weighted by atomic mass is 79.9. The molecule has 0 aliphatic carbocycles. The third-order valence-corrected chi connectivity index (χ3v) is 5.26. The van der Waals surface area contributed by atoms with E-state index in [4.69, 9.17) is 11.6 Å². The standard InChI is InChI=1S/C19H20BrClN2O/c1-13-4-2-3-11-23(13)16-8-6-15(7-9-16)22-19(24)17-12-14(20)5-10-18(17)21/h5-10,12-13H,2-4,11H2,1H3,(H,22,24). The van der Waals surface area contributed by atoms with Crippen LogP contribution in [-0.2, 0) is 0 Å². The van der Waals surface area contributed by atoms with E-state index in [0.717, 1.165) is 16.7 Å². The summed E-state index contributed by atoms with van der Waals surface area (Å²) in [5, 5.41) is 3.34. The summed E-state index contributed by atoms with van der Waals surface area (Å²) in [5.74, 6) is -0.208. The average molecular weight is 408 g/mol. The van der Waals surface area contributed by atoms with Crippen LogP contribution in [0.2, 0.25) is 5.02 Å². The summed E-state index contributed by atoms with van der Waals surface area (Å²) in [6.45, 7) is 3.37. The van der Waals surface area contributed by atoms with Crippen LogP contribution in [0.1, 0.15) is 36.5 Å². The van der Waals surface area contributed by atoms with Crippen molar-refractivity contribution < 1.29 is 4.79 Å². The molecule has 0 radical (unpaired) electrons. The fourth-order valence-corrected chi connectivity index (χ4v) is 3.65. The van der Waals surface area contributed by atoms with Gasteiger partial charge in [-0.25, -0.2) is 0 Å². The highest BCUT2D eigenvalue weighted by Crippen LogP contribution is 2.26. The van der Waals surface area contributed by atoms with Crippen LogP contribution in [0.3, 0.4) is 0 Å². The Morgan fingerprint density at radius 2 is 1.96 bits per heavy atom. The van der Waals surface area contributed by atoms with Crippen molar-refractivity contribution in [3.63, 3.8) is 0 Å². The largest absolute Gasteiger partial charge is 0.369 e. The monoisotopic (exact) mass is 406 g/mol. The van der Waals surface area contributed by atoms with Gasteiger partial charge in [-0.3, -0.25) is 4.79 Å². The number of carbonyl (C=O) groups excluding carboxylic acids is 1. The second-order valence-electron chi connectivity index (χ2n) is 6.16. The predicted molar refractivity (Wildman–Crippen MR) is 104 cm³/mol. The van der Waals surface area contributed by atoms with Gasteiger partial charge in [0.25, 0.3) is 5.91 Å². The van der Waals surface area contributed by atoms with Crippen LogP contribution in [0, 0.1) is 0 Å². The summed E-state index contributed by atoms with van der Waals surface area (Å²) in [6, 6.07) is 13.8. The van der Waals surface area contributed by atoms with E-state index in [1.54, 1.807) is 12.1 Å². The zero-order valence-electron chi connectivity index (χ0n) is 13.6. The fraction of sp³-hybridized carbons (Fsp3) is 0.316. The van der Waals surface area contributed by atoms with Gasteiger partial charge in [0, 0.05) is 28.4 Å². The van der Waals surface area contributed by atoms with Gasteiger partial charge in [-0.1, -0.05) is 27.5 Å². The number of amides is 1. The van der Waals surface area contributed by atoms with E-state index in [2.05, 4.69) is 45.2 Å². The molecule has 1 aliphatic rings. The van der Waals surface area contributed by atoms with E-state index in [0.29, 0.717) is 16.6 Å². The summed E-state index contributed by atoms with van der Waals surface area (Å²) in [7, 11) is 0. The number of anilines is 2. The van der Waals surface area contributed by atoms with E-state index < -0.39 is 0 Å². The Kier molecular flexibility index (Phi) is 5.47. The number of nitrogens with zero attached hydrogens (tertiary/aromatic N) is 1. The van der Waals surface area contributed by atoms with Crippen LogP contribution >= 0.6 is 27.5 Å². The molecule has 0 bridgehead atoms. The molecule has 2 aromatic rings. The van der Waals surface area contributed by atoms with Crippen LogP contribution in [0.5, 0.6) is 0 Å². The SMILES string of the molecule is CC1CCCCN1c1ccc(NC(=O)c2cc(Br)ccc2Cl)cc1. The lowest BCUT2D eigenvalue weighted by molar-refractivity contribution is 0.102. The van der Waals surface area contributed by atoms with Crippen molar-refractivity contribution in [1.82, 2.24) is 0 Å². The molecule has 3 rings (SSSR count). The van der Waals surface area contributed by atoms with Gasteiger partial charge in [0.15, 0.2) is 0 Å². The molecule has 126 valence electrons. The maximum absolute atomic E-state index is 12.4. The van der Waals surface area contributed by atoms with Crippen molar-refractivity contribution in [3.05, 3.63) is 57.5 Å². The Bertz CT molecular complexity index is 733. The van der Waals surface area contributed by atoms with Crippen molar-refractivity contribution in [3.8, 4) is 0 Å². The number of benzene rings is 2. The first kappa shape index (κ1) is 17.3. The third-order valence-electron chi connectivity index (χ3n) is 4.43. The van der Waals surface area contributed by atoms with Crippen LogP contribution < -0.4 is 10.2 Å². The van der Waals surface area contributed by atoms with Gasteiger partial charge in [-0.05, 0) is 68.7 Å². The number of nitrogens with one attached hydrogen (secondary N) is 1. The third kappa shape index (κ3) is 3.93. The number of rotatable bonds is 3. The Labute approximate surface area is 156 Å². The molecular weight excluding hydrogens is 388 g/mol. The highest BCUT2D eigenvalue weighted by molar-refractivity contribution is 9.10. The fourth-order valence-electron chi connectivity index (χ4n) is 3.09. The quantitative estimate of drug-likeness (QED) is 0.704. The van der Waals surface area contributed by atoms with Gasteiger partial charge in [-0.2, -0.15) is 0 Å². The van der Waals surface area contributed by atoms with Crippen molar-refractivity contribution in [2.24, 2.45) is 0 Å². The van der Waals surface area contributed by atoms with Crippen molar-refractivity contribution >= 4 is 44.8 Å². The summed E-state index contributed by atoms with van der Waals surface area (Å²) >= 11 is 9.48. The van der Waals surface area contributed by atoms with Gasteiger partial charge in [0.1, 0.15) is 0 Å². The minimum Gasteiger partial charge on any atom is -0.369 e. The van der Waals surface area contributed by atoms with Crippen LogP contribution in [0.4, 0.5) is 11.4 Å². The second-order valence-corrected chi connectivity index (χ2v) is 7.49. The molecule has 1 fully saturated rings. The number of carbonyl (C=O) groups is 1. The average Bonchev–Trinajstić information content (AvgIpc) is 2.58. The smallest absolute Gasteiger partial charge is 0.257 e. The Hall–Kier alpha value is -1.52. The summed E-state index contributed by atoms with van der Waals surface area (Å²) in [6.07, 6.45) is 3.78. The summed E-state index contributed by atoms with van der Waals surface area (Å²) in [5.41, 5.74) is 2.44. The van der Waals surface area contributed by atoms with Gasteiger partial charge in [0.05, 0.1) is 10.6 Å². The molecule has 5 heteroatoms. The van der Waals surface area contributed by atoms with Gasteiger partial charge < -0.3 is 10.2 Å². The lowest BCUT2D eigenvalue weighted by Crippen LogP contribution is -2.37. The van der Waals surface area contributed by atoms with Crippen molar-refractivity contribution in [1.29, 1.82) is 0 Å². The first-order chi connectivity index (χ1) is 11.5. The first-order valence-electron chi connectivity index (χ1n) is 8.18. The first-order valence-corrected chi connectivity index (χ1v) is 9.35. The molecule has 1 heterocycles. The molecule has 1 amide bonds. The summed E-state index contributed by atoms with van der Waals surface area (Å²) < 4.78 is 0.825. The molecule has 1 aliphatic heterocycles. The topological polar surface area (TPSA) is 32.3 Å². The Balaban J connectivity index is 1.72. The van der Waals surface area contributed by atoms with Crippen molar-refractivity contribution in [2.75, 3.05) is 16.8 Å². The van der Waals surface area contributed by atoms with Crippen LogP contribution in [0.15, 0.2) is 46.9 Å². The highest BCUT2D eigenvalue weighted by Gasteiger charge is 2.18. The molecule has 1 N–H and O–H groups in total. The molecular formula is C19H20BrClN2O. The molecule has 0 spiro atoms. The molecule has 0 aromatic heterocycles. The minimum absolute atomic E-state index is 0.208. The normalized spacial score (nSPS) is 17.6. The van der Waals surface area contributed by atoms with Crippen LogP contribution in [0.25, 0.3) is 0 Å². The van der Waals surface area contributed by atoms with E-state index in [1.807, 2.05) is 18.2 Å². The number of piperidine rings is 1. The maximum atomic E-state index is 12.4. The number of hydrogen-bond acceptors (Lipinski definition) is 2. The number of halogens is 2. The lowest BCUT2D eigenvalue weighted by Gasteiger charge is -2.35. The molecule has 24 heavy (non-hydrogen) atoms. The second kappa shape index (κ2) is 7.58. The lowest BCUT2D eigenvalue weighted by atomic mass is 10.0. The van der Waals surface area contributed by atoms with E-state index >= 15 is 0 Å². The molecule has 1 saturated heterocycles. The van der Waals surface area contributed by atoms with Crippen LogP contribution in [-0.4, -0.2) is 18.5 Å². The molecule has 2 aromatic carbocycles. The van der Waals surface area contributed by atoms with Gasteiger partial charge in [0.2, 0.25) is 0 Å². The molecule has 1 unspecified atom stereocenters. The van der Waals surface area contributed by atoms with Gasteiger partial charge in [-0.15, -0.1) is 0 Å². The van der Waals surface area contributed by atoms with E-state index in [-0.39, 0.29) is 5.91 Å². The summed E-state index contributed by atoms with van der Waals surface area (Å²) in [4.78, 5) is 14.8. The molecule has 0 saturated carbocycles. The Morgan fingerprint density at radius 1 is 1.21 bits per heavy atom. The molecule has 3 nitrogen and oxygen atoms in total. The maximum Gasteiger partial charge on any atom is 0.257 e. The van der Waals surface area contributed by atoms with Gasteiger partial charge >= 0.3 is 0 Å². The van der Waals surface area contributed by atoms with Crippen molar-refractivity contribution in [2.45, 2.75) is 32.2 Å². The predicted octanol–water partition coefficient (Wildman–Crippen LogP) is 5.73. The number of hydrogen-bond donors (Lipinski definition) is 1.